The van der Waals surface area contributed by atoms with Crippen molar-refractivity contribution in [1.29, 1.82) is 0 Å². The normalized spacial score (nSPS) is 27.9. The number of ether oxygens (including phenoxy) is 1. The third kappa shape index (κ3) is 2.16. The molecule has 1 aromatic rings. The van der Waals surface area contributed by atoms with E-state index in [0.717, 1.165) is 18.7 Å². The SMILES string of the molecule is CNC(c1cnccn1)C1CCOC1C. The molecule has 1 N–H and O–H groups in total. The largest absolute Gasteiger partial charge is 0.378 e. The molecule has 1 aromatic heterocycles. The summed E-state index contributed by atoms with van der Waals surface area (Å²) in [5, 5.41) is 3.31. The van der Waals surface area contributed by atoms with Crippen LogP contribution in [0.25, 0.3) is 0 Å². The molecule has 1 saturated heterocycles. The van der Waals surface area contributed by atoms with Gasteiger partial charge in [0.2, 0.25) is 0 Å². The summed E-state index contributed by atoms with van der Waals surface area (Å²) in [5.74, 6) is 0.492. The number of aromatic nitrogens is 2. The lowest BCUT2D eigenvalue weighted by atomic mass is 9.91. The van der Waals surface area contributed by atoms with E-state index >= 15 is 0 Å². The first-order valence-corrected chi connectivity index (χ1v) is 5.37. The van der Waals surface area contributed by atoms with Crippen molar-refractivity contribution in [2.45, 2.75) is 25.5 Å². The lowest BCUT2D eigenvalue weighted by molar-refractivity contribution is 0.0958. The second-order valence-electron chi connectivity index (χ2n) is 3.93. The van der Waals surface area contributed by atoms with E-state index in [4.69, 9.17) is 4.74 Å². The van der Waals surface area contributed by atoms with Crippen molar-refractivity contribution in [1.82, 2.24) is 15.3 Å². The zero-order chi connectivity index (χ0) is 10.7. The van der Waals surface area contributed by atoms with Crippen LogP contribution < -0.4 is 5.32 Å². The minimum Gasteiger partial charge on any atom is -0.378 e. The van der Waals surface area contributed by atoms with Crippen LogP contribution in [-0.2, 0) is 4.74 Å². The Balaban J connectivity index is 2.17. The molecule has 0 saturated carbocycles. The number of hydrogen-bond acceptors (Lipinski definition) is 4. The molecule has 15 heavy (non-hydrogen) atoms. The summed E-state index contributed by atoms with van der Waals surface area (Å²) in [7, 11) is 1.96. The van der Waals surface area contributed by atoms with E-state index in [1.807, 2.05) is 13.2 Å². The van der Waals surface area contributed by atoms with E-state index in [1.165, 1.54) is 0 Å². The van der Waals surface area contributed by atoms with Gasteiger partial charge in [-0.2, -0.15) is 0 Å². The highest BCUT2D eigenvalue weighted by Crippen LogP contribution is 2.31. The predicted octanol–water partition coefficient (Wildman–Crippen LogP) is 1.16. The molecule has 3 unspecified atom stereocenters. The van der Waals surface area contributed by atoms with E-state index < -0.39 is 0 Å². The summed E-state index contributed by atoms with van der Waals surface area (Å²) in [6, 6.07) is 0.246. The number of nitrogens with one attached hydrogen (secondary N) is 1. The molecule has 0 spiro atoms. The van der Waals surface area contributed by atoms with Crippen LogP contribution in [0.2, 0.25) is 0 Å². The zero-order valence-corrected chi connectivity index (χ0v) is 9.18. The van der Waals surface area contributed by atoms with Crippen LogP contribution in [0, 0.1) is 5.92 Å². The van der Waals surface area contributed by atoms with Crippen molar-refractivity contribution < 1.29 is 4.74 Å². The van der Waals surface area contributed by atoms with Crippen molar-refractivity contribution in [2.75, 3.05) is 13.7 Å². The highest BCUT2D eigenvalue weighted by atomic mass is 16.5. The molecule has 0 bridgehead atoms. The van der Waals surface area contributed by atoms with Gasteiger partial charge in [-0.05, 0) is 20.4 Å². The first kappa shape index (κ1) is 10.5. The molecule has 0 radical (unpaired) electrons. The summed E-state index contributed by atoms with van der Waals surface area (Å²) in [4.78, 5) is 8.46. The molecular weight excluding hydrogens is 190 g/mol. The van der Waals surface area contributed by atoms with Crippen LogP contribution in [0.4, 0.5) is 0 Å². The van der Waals surface area contributed by atoms with Crippen LogP contribution in [0.5, 0.6) is 0 Å². The highest BCUT2D eigenvalue weighted by Gasteiger charge is 2.32. The summed E-state index contributed by atoms with van der Waals surface area (Å²) in [5.41, 5.74) is 1.00. The van der Waals surface area contributed by atoms with E-state index in [2.05, 4.69) is 22.2 Å². The molecule has 1 aliphatic heterocycles. The third-order valence-corrected chi connectivity index (χ3v) is 3.08. The summed E-state index contributed by atoms with van der Waals surface area (Å²) >= 11 is 0. The number of hydrogen-bond donors (Lipinski definition) is 1. The molecule has 0 aliphatic carbocycles. The van der Waals surface area contributed by atoms with E-state index in [-0.39, 0.29) is 6.04 Å². The van der Waals surface area contributed by atoms with Crippen LogP contribution >= 0.6 is 0 Å². The average Bonchev–Trinajstić information content (AvgIpc) is 2.68. The molecule has 2 heterocycles. The van der Waals surface area contributed by atoms with Crippen LogP contribution in [0.1, 0.15) is 25.1 Å². The Hall–Kier alpha value is -1.00. The predicted molar refractivity (Wildman–Crippen MR) is 57.4 cm³/mol. The van der Waals surface area contributed by atoms with E-state index in [9.17, 15) is 0 Å². The molecule has 0 amide bonds. The maximum Gasteiger partial charge on any atom is 0.0759 e. The van der Waals surface area contributed by atoms with Gasteiger partial charge in [0.15, 0.2) is 0 Å². The second-order valence-corrected chi connectivity index (χ2v) is 3.93. The Labute approximate surface area is 90.1 Å². The fourth-order valence-electron chi connectivity index (χ4n) is 2.24. The Morgan fingerprint density at radius 3 is 2.93 bits per heavy atom. The van der Waals surface area contributed by atoms with Crippen LogP contribution in [0.15, 0.2) is 18.6 Å². The fourth-order valence-corrected chi connectivity index (χ4v) is 2.24. The van der Waals surface area contributed by atoms with Gasteiger partial charge in [-0.15, -0.1) is 0 Å². The Morgan fingerprint density at radius 1 is 1.53 bits per heavy atom. The van der Waals surface area contributed by atoms with Gasteiger partial charge < -0.3 is 10.1 Å². The monoisotopic (exact) mass is 207 g/mol. The van der Waals surface area contributed by atoms with E-state index in [1.54, 1.807) is 12.4 Å². The van der Waals surface area contributed by atoms with Gasteiger partial charge in [-0.25, -0.2) is 0 Å². The van der Waals surface area contributed by atoms with Gasteiger partial charge >= 0.3 is 0 Å². The van der Waals surface area contributed by atoms with Gasteiger partial charge in [0.05, 0.1) is 17.8 Å². The summed E-state index contributed by atoms with van der Waals surface area (Å²) in [6.45, 7) is 2.97. The fraction of sp³-hybridized carbons (Fsp3) is 0.636. The standard InChI is InChI=1S/C11H17N3O/c1-8-9(3-6-15-8)11(12-2)10-7-13-4-5-14-10/h4-5,7-9,11-12H,3,6H2,1-2H3. The first-order chi connectivity index (χ1) is 7.33. The molecule has 1 fully saturated rings. The van der Waals surface area contributed by atoms with Gasteiger partial charge in [-0.1, -0.05) is 0 Å². The molecule has 0 aromatic carbocycles. The molecular formula is C11H17N3O. The Bertz CT molecular complexity index is 304. The molecule has 4 heteroatoms. The number of nitrogens with zero attached hydrogens (tertiary/aromatic N) is 2. The van der Waals surface area contributed by atoms with Gasteiger partial charge in [0.1, 0.15) is 0 Å². The maximum absolute atomic E-state index is 5.58. The topological polar surface area (TPSA) is 47.0 Å². The maximum atomic E-state index is 5.58. The minimum absolute atomic E-state index is 0.246. The van der Waals surface area contributed by atoms with Crippen LogP contribution in [-0.4, -0.2) is 29.7 Å². The quantitative estimate of drug-likeness (QED) is 0.808. The van der Waals surface area contributed by atoms with Gasteiger partial charge in [-0.3, -0.25) is 9.97 Å². The van der Waals surface area contributed by atoms with Crippen molar-refractivity contribution in [2.24, 2.45) is 5.92 Å². The average molecular weight is 207 g/mol. The lowest BCUT2D eigenvalue weighted by Crippen LogP contribution is -2.30. The third-order valence-electron chi connectivity index (χ3n) is 3.08. The highest BCUT2D eigenvalue weighted by molar-refractivity contribution is 5.05. The first-order valence-electron chi connectivity index (χ1n) is 5.37. The number of rotatable bonds is 3. The van der Waals surface area contributed by atoms with E-state index in [0.29, 0.717) is 12.0 Å². The zero-order valence-electron chi connectivity index (χ0n) is 9.18. The molecule has 2 rings (SSSR count). The van der Waals surface area contributed by atoms with Crippen molar-refractivity contribution in [3.63, 3.8) is 0 Å². The van der Waals surface area contributed by atoms with Crippen molar-refractivity contribution in [3.05, 3.63) is 24.3 Å². The summed E-state index contributed by atoms with van der Waals surface area (Å²) < 4.78 is 5.58. The smallest absolute Gasteiger partial charge is 0.0759 e. The Morgan fingerprint density at radius 2 is 2.40 bits per heavy atom. The van der Waals surface area contributed by atoms with Crippen LogP contribution in [0.3, 0.4) is 0 Å². The minimum atomic E-state index is 0.246. The molecule has 3 atom stereocenters. The molecule has 82 valence electrons. The van der Waals surface area contributed by atoms with Gasteiger partial charge in [0.25, 0.3) is 0 Å². The molecule has 1 aliphatic rings. The second kappa shape index (κ2) is 4.68. The summed E-state index contributed by atoms with van der Waals surface area (Å²) in [6.07, 6.45) is 6.64. The van der Waals surface area contributed by atoms with Crippen molar-refractivity contribution in [3.8, 4) is 0 Å². The Kier molecular flexibility index (Phi) is 3.28. The van der Waals surface area contributed by atoms with Gasteiger partial charge in [0, 0.05) is 31.1 Å². The van der Waals surface area contributed by atoms with Crippen molar-refractivity contribution >= 4 is 0 Å². The molecule has 4 nitrogen and oxygen atoms in total. The lowest BCUT2D eigenvalue weighted by Gasteiger charge is -2.24.